The first-order chi connectivity index (χ1) is 9.31. The van der Waals surface area contributed by atoms with E-state index in [0.717, 1.165) is 18.7 Å². The average Bonchev–Trinajstić information content (AvgIpc) is 2.48. The van der Waals surface area contributed by atoms with Gasteiger partial charge in [-0.3, -0.25) is 4.90 Å². The summed E-state index contributed by atoms with van der Waals surface area (Å²) >= 11 is 0. The Kier molecular flexibility index (Phi) is 5.44. The van der Waals surface area contributed by atoms with E-state index in [1.165, 1.54) is 25.7 Å². The minimum absolute atomic E-state index is 0.615. The normalized spacial score (nSPS) is 22.9. The molecule has 0 radical (unpaired) electrons. The van der Waals surface area contributed by atoms with Crippen LogP contribution in [0.1, 0.15) is 31.2 Å². The van der Waals surface area contributed by atoms with Gasteiger partial charge in [0.2, 0.25) is 0 Å². The Hall–Kier alpha value is -1.30. The van der Waals surface area contributed by atoms with Gasteiger partial charge in [-0.1, -0.05) is 42.9 Å². The molecule has 1 aliphatic rings. The van der Waals surface area contributed by atoms with Crippen molar-refractivity contribution in [3.63, 3.8) is 0 Å². The van der Waals surface area contributed by atoms with Gasteiger partial charge in [0, 0.05) is 11.6 Å². The topological polar surface area (TPSA) is 29.3 Å². The molecule has 2 heteroatoms. The molecule has 0 bridgehead atoms. The summed E-state index contributed by atoms with van der Waals surface area (Å²) in [5.74, 6) is 7.15. The van der Waals surface area contributed by atoms with Crippen molar-refractivity contribution in [3.8, 4) is 11.8 Å². The van der Waals surface area contributed by atoms with Crippen molar-refractivity contribution in [1.29, 1.82) is 0 Å². The lowest BCUT2D eigenvalue weighted by atomic mass is 9.84. The first kappa shape index (κ1) is 14.1. The van der Waals surface area contributed by atoms with Crippen molar-refractivity contribution in [3.05, 3.63) is 35.9 Å². The highest BCUT2D eigenvalue weighted by atomic mass is 15.1. The number of hydrogen-bond acceptors (Lipinski definition) is 2. The summed E-state index contributed by atoms with van der Waals surface area (Å²) in [5, 5.41) is 0. The van der Waals surface area contributed by atoms with Gasteiger partial charge in [0.25, 0.3) is 0 Å². The summed E-state index contributed by atoms with van der Waals surface area (Å²) in [5.41, 5.74) is 6.98. The Bertz CT molecular complexity index is 430. The van der Waals surface area contributed by atoms with Crippen molar-refractivity contribution < 1.29 is 0 Å². The smallest absolute Gasteiger partial charge is 0.0605 e. The van der Waals surface area contributed by atoms with E-state index < -0.39 is 0 Å². The maximum Gasteiger partial charge on any atom is 0.0605 e. The predicted octanol–water partition coefficient (Wildman–Crippen LogP) is 2.49. The third-order valence-corrected chi connectivity index (χ3v) is 4.07. The van der Waals surface area contributed by atoms with Gasteiger partial charge in [-0.25, -0.2) is 0 Å². The van der Waals surface area contributed by atoms with Crippen molar-refractivity contribution >= 4 is 0 Å². The van der Waals surface area contributed by atoms with Gasteiger partial charge < -0.3 is 5.73 Å². The van der Waals surface area contributed by atoms with Crippen LogP contribution in [-0.4, -0.2) is 31.1 Å². The zero-order chi connectivity index (χ0) is 13.5. The van der Waals surface area contributed by atoms with Crippen LogP contribution >= 0.6 is 0 Å². The molecule has 102 valence electrons. The molecule has 0 saturated heterocycles. The summed E-state index contributed by atoms with van der Waals surface area (Å²) in [6, 6.07) is 10.8. The van der Waals surface area contributed by atoms with Crippen LogP contribution in [0.5, 0.6) is 0 Å². The average molecular weight is 256 g/mol. The Morgan fingerprint density at radius 2 is 1.95 bits per heavy atom. The number of rotatable bonds is 3. The molecule has 1 aliphatic carbocycles. The molecule has 1 saturated carbocycles. The summed E-state index contributed by atoms with van der Waals surface area (Å²) in [6.45, 7) is 1.64. The number of hydrogen-bond donors (Lipinski definition) is 1. The van der Waals surface area contributed by atoms with Gasteiger partial charge in [0.1, 0.15) is 0 Å². The fraction of sp³-hybridized carbons (Fsp3) is 0.529. The van der Waals surface area contributed by atoms with E-state index in [9.17, 15) is 0 Å². The van der Waals surface area contributed by atoms with Crippen molar-refractivity contribution in [2.75, 3.05) is 20.1 Å². The summed E-state index contributed by atoms with van der Waals surface area (Å²) < 4.78 is 0. The van der Waals surface area contributed by atoms with E-state index >= 15 is 0 Å². The molecule has 1 fully saturated rings. The Balaban J connectivity index is 1.90. The van der Waals surface area contributed by atoms with E-state index in [0.29, 0.717) is 12.0 Å². The lowest BCUT2D eigenvalue weighted by Crippen LogP contribution is -2.43. The van der Waals surface area contributed by atoms with Crippen LogP contribution in [0.4, 0.5) is 0 Å². The maximum absolute atomic E-state index is 5.89. The van der Waals surface area contributed by atoms with E-state index in [-0.39, 0.29) is 0 Å². The highest BCUT2D eigenvalue weighted by molar-refractivity contribution is 5.33. The SMILES string of the molecule is CN(CC#Cc1ccccc1)C1CCCCC1CN. The predicted molar refractivity (Wildman–Crippen MR) is 80.8 cm³/mol. The highest BCUT2D eigenvalue weighted by Gasteiger charge is 2.26. The fourth-order valence-corrected chi connectivity index (χ4v) is 2.95. The number of nitrogens with two attached hydrogens (primary N) is 1. The molecule has 2 rings (SSSR count). The molecular weight excluding hydrogens is 232 g/mol. The second-order valence-corrected chi connectivity index (χ2v) is 5.43. The Labute approximate surface area is 117 Å². The molecule has 19 heavy (non-hydrogen) atoms. The molecule has 1 aromatic rings. The van der Waals surface area contributed by atoms with Crippen molar-refractivity contribution in [1.82, 2.24) is 4.90 Å². The molecule has 0 heterocycles. The molecule has 0 amide bonds. The molecule has 2 N–H and O–H groups in total. The molecule has 0 aliphatic heterocycles. The van der Waals surface area contributed by atoms with Crippen LogP contribution in [0.15, 0.2) is 30.3 Å². The molecule has 2 atom stereocenters. The maximum atomic E-state index is 5.89. The standard InChI is InChI=1S/C17H24N2/c1-19(17-12-6-5-11-16(17)14-18)13-7-10-15-8-3-2-4-9-15/h2-4,8-9,16-17H,5-6,11-14,18H2,1H3. The van der Waals surface area contributed by atoms with Gasteiger partial charge in [-0.2, -0.15) is 0 Å². The van der Waals surface area contributed by atoms with Gasteiger partial charge in [0.15, 0.2) is 0 Å². The second kappa shape index (κ2) is 7.33. The van der Waals surface area contributed by atoms with E-state index in [1.807, 2.05) is 18.2 Å². The van der Waals surface area contributed by atoms with E-state index in [1.54, 1.807) is 0 Å². The molecule has 0 spiro atoms. The zero-order valence-corrected chi connectivity index (χ0v) is 11.8. The summed E-state index contributed by atoms with van der Waals surface area (Å²) in [6.07, 6.45) is 5.21. The lowest BCUT2D eigenvalue weighted by Gasteiger charge is -2.36. The van der Waals surface area contributed by atoms with Gasteiger partial charge in [-0.15, -0.1) is 0 Å². The summed E-state index contributed by atoms with van der Waals surface area (Å²) in [7, 11) is 2.18. The van der Waals surface area contributed by atoms with Crippen LogP contribution in [0, 0.1) is 17.8 Å². The van der Waals surface area contributed by atoms with Crippen molar-refractivity contribution in [2.24, 2.45) is 11.7 Å². The number of nitrogens with zero attached hydrogens (tertiary/aromatic N) is 1. The fourth-order valence-electron chi connectivity index (χ4n) is 2.95. The van der Waals surface area contributed by atoms with Crippen molar-refractivity contribution in [2.45, 2.75) is 31.7 Å². The molecule has 2 unspecified atom stereocenters. The molecule has 0 aromatic heterocycles. The highest BCUT2D eigenvalue weighted by Crippen LogP contribution is 2.26. The lowest BCUT2D eigenvalue weighted by molar-refractivity contribution is 0.148. The third kappa shape index (κ3) is 4.09. The zero-order valence-electron chi connectivity index (χ0n) is 11.8. The minimum atomic E-state index is 0.615. The van der Waals surface area contributed by atoms with Crippen LogP contribution in [0.2, 0.25) is 0 Å². The second-order valence-electron chi connectivity index (χ2n) is 5.43. The van der Waals surface area contributed by atoms with Gasteiger partial charge >= 0.3 is 0 Å². The van der Waals surface area contributed by atoms with Crippen LogP contribution in [-0.2, 0) is 0 Å². The van der Waals surface area contributed by atoms with Gasteiger partial charge in [-0.05, 0) is 44.5 Å². The van der Waals surface area contributed by atoms with E-state index in [2.05, 4.69) is 35.9 Å². The molecular formula is C17H24N2. The van der Waals surface area contributed by atoms with Crippen LogP contribution in [0.3, 0.4) is 0 Å². The molecule has 2 nitrogen and oxygen atoms in total. The largest absolute Gasteiger partial charge is 0.330 e. The molecule has 1 aromatic carbocycles. The van der Waals surface area contributed by atoms with Gasteiger partial charge in [0.05, 0.1) is 6.54 Å². The Morgan fingerprint density at radius 3 is 2.68 bits per heavy atom. The van der Waals surface area contributed by atoms with Crippen LogP contribution < -0.4 is 5.73 Å². The number of benzene rings is 1. The Morgan fingerprint density at radius 1 is 1.21 bits per heavy atom. The first-order valence-corrected chi connectivity index (χ1v) is 7.25. The van der Waals surface area contributed by atoms with Crippen LogP contribution in [0.25, 0.3) is 0 Å². The van der Waals surface area contributed by atoms with E-state index in [4.69, 9.17) is 5.73 Å². The monoisotopic (exact) mass is 256 g/mol. The third-order valence-electron chi connectivity index (χ3n) is 4.07. The first-order valence-electron chi connectivity index (χ1n) is 7.25. The quantitative estimate of drug-likeness (QED) is 0.842. The summed E-state index contributed by atoms with van der Waals surface area (Å²) in [4.78, 5) is 2.38. The minimum Gasteiger partial charge on any atom is -0.330 e.